The molecule has 1 aliphatic carbocycles. The lowest BCUT2D eigenvalue weighted by Crippen LogP contribution is -2.51. The predicted octanol–water partition coefficient (Wildman–Crippen LogP) is -0.391. The van der Waals surface area contributed by atoms with Crippen LogP contribution in [0.5, 0.6) is 0 Å². The Hall–Kier alpha value is -0.120. The molecule has 0 bridgehead atoms. The van der Waals surface area contributed by atoms with Crippen molar-refractivity contribution >= 4 is 0 Å². The van der Waals surface area contributed by atoms with E-state index in [-0.39, 0.29) is 6.04 Å². The Bertz CT molecular complexity index is 127. The molecule has 1 aliphatic rings. The Morgan fingerprint density at radius 1 is 1.70 bits per heavy atom. The van der Waals surface area contributed by atoms with Crippen LogP contribution in [0.2, 0.25) is 0 Å². The first-order valence-corrected chi connectivity index (χ1v) is 3.73. The smallest absolute Gasteiger partial charge is 0.105 e. The highest BCUT2D eigenvalue weighted by Crippen LogP contribution is 2.31. The van der Waals surface area contributed by atoms with Gasteiger partial charge in [0.1, 0.15) is 5.60 Å². The van der Waals surface area contributed by atoms with Crippen LogP contribution >= 0.6 is 0 Å². The average molecular weight is 145 g/mol. The van der Waals surface area contributed by atoms with E-state index in [1.807, 2.05) is 0 Å². The van der Waals surface area contributed by atoms with E-state index in [1.54, 1.807) is 6.92 Å². The fourth-order valence-corrected chi connectivity index (χ4v) is 1.53. The maximum atomic E-state index is 9.66. The van der Waals surface area contributed by atoms with E-state index in [1.165, 1.54) is 0 Å². The Morgan fingerprint density at radius 2 is 2.30 bits per heavy atom. The minimum Gasteiger partial charge on any atom is -0.390 e. The zero-order chi connectivity index (χ0) is 7.78. The van der Waals surface area contributed by atoms with Gasteiger partial charge < -0.3 is 15.9 Å². The first-order valence-electron chi connectivity index (χ1n) is 3.73. The van der Waals surface area contributed by atoms with Crippen LogP contribution in [0.25, 0.3) is 0 Å². The summed E-state index contributed by atoms with van der Waals surface area (Å²) in [5.74, 6) is 0. The van der Waals surface area contributed by atoms with Crippen molar-refractivity contribution in [2.24, 2.45) is 5.73 Å². The summed E-state index contributed by atoms with van der Waals surface area (Å²) in [5, 5.41) is 19.0. The monoisotopic (exact) mass is 145 g/mol. The number of rotatable bonds is 1. The number of nitrogens with two attached hydrogens (primary N) is 1. The van der Waals surface area contributed by atoms with Crippen LogP contribution in [0.4, 0.5) is 0 Å². The lowest BCUT2D eigenvalue weighted by molar-refractivity contribution is -0.0663. The van der Waals surface area contributed by atoms with Crippen molar-refractivity contribution in [3.05, 3.63) is 0 Å². The first kappa shape index (κ1) is 7.98. The van der Waals surface area contributed by atoms with E-state index in [9.17, 15) is 10.2 Å². The molecule has 0 aliphatic heterocycles. The number of hydrogen-bond donors (Lipinski definition) is 3. The van der Waals surface area contributed by atoms with Gasteiger partial charge in [0, 0.05) is 6.04 Å². The lowest BCUT2D eigenvalue weighted by Gasteiger charge is -2.30. The first-order chi connectivity index (χ1) is 4.57. The van der Waals surface area contributed by atoms with E-state index >= 15 is 0 Å². The number of hydrogen-bond acceptors (Lipinski definition) is 3. The number of aliphatic hydroxyl groups excluding tert-OH is 1. The molecule has 60 valence electrons. The van der Waals surface area contributed by atoms with Crippen molar-refractivity contribution in [2.45, 2.75) is 43.9 Å². The third-order valence-electron chi connectivity index (χ3n) is 2.42. The molecule has 0 aromatic heterocycles. The van der Waals surface area contributed by atoms with Crippen LogP contribution in [0.1, 0.15) is 26.2 Å². The van der Waals surface area contributed by atoms with Crippen molar-refractivity contribution in [3.63, 3.8) is 0 Å². The fraction of sp³-hybridized carbons (Fsp3) is 1.00. The summed E-state index contributed by atoms with van der Waals surface area (Å²) in [6.07, 6.45) is 1.57. The minimum atomic E-state index is -1.01. The summed E-state index contributed by atoms with van der Waals surface area (Å²) in [4.78, 5) is 0. The van der Waals surface area contributed by atoms with Gasteiger partial charge in [0.15, 0.2) is 0 Å². The lowest BCUT2D eigenvalue weighted by atomic mass is 9.92. The molecular weight excluding hydrogens is 130 g/mol. The van der Waals surface area contributed by atoms with Crippen molar-refractivity contribution in [3.8, 4) is 0 Å². The summed E-state index contributed by atoms with van der Waals surface area (Å²) in [7, 11) is 0. The van der Waals surface area contributed by atoms with Gasteiger partial charge in [-0.1, -0.05) is 0 Å². The Morgan fingerprint density at radius 3 is 2.50 bits per heavy atom. The summed E-state index contributed by atoms with van der Waals surface area (Å²) >= 11 is 0. The quantitative estimate of drug-likeness (QED) is 0.470. The summed E-state index contributed by atoms with van der Waals surface area (Å²) < 4.78 is 0. The van der Waals surface area contributed by atoms with Gasteiger partial charge in [-0.15, -0.1) is 0 Å². The van der Waals surface area contributed by atoms with Crippen LogP contribution in [0.15, 0.2) is 0 Å². The van der Waals surface area contributed by atoms with E-state index in [4.69, 9.17) is 5.73 Å². The summed E-state index contributed by atoms with van der Waals surface area (Å²) in [6, 6.07) is -0.329. The SMILES string of the molecule is CC(N)C1(O)CCCC1O. The van der Waals surface area contributed by atoms with Gasteiger partial charge in [0.2, 0.25) is 0 Å². The largest absolute Gasteiger partial charge is 0.390 e. The molecule has 0 aromatic carbocycles. The van der Waals surface area contributed by atoms with Crippen LogP contribution < -0.4 is 5.73 Å². The molecule has 0 spiro atoms. The molecular formula is C7H15NO2. The molecule has 0 amide bonds. The Kier molecular flexibility index (Phi) is 1.99. The second kappa shape index (κ2) is 2.49. The molecule has 1 rings (SSSR count). The normalized spacial score (nSPS) is 43.8. The molecule has 0 heterocycles. The van der Waals surface area contributed by atoms with Crippen molar-refractivity contribution in [2.75, 3.05) is 0 Å². The predicted molar refractivity (Wildman–Crippen MR) is 38.5 cm³/mol. The van der Waals surface area contributed by atoms with Crippen molar-refractivity contribution in [1.82, 2.24) is 0 Å². The summed E-state index contributed by atoms with van der Waals surface area (Å²) in [5.41, 5.74) is 4.50. The van der Waals surface area contributed by atoms with E-state index in [2.05, 4.69) is 0 Å². The second-order valence-corrected chi connectivity index (χ2v) is 3.19. The van der Waals surface area contributed by atoms with E-state index in [0.717, 1.165) is 6.42 Å². The Labute approximate surface area is 60.9 Å². The van der Waals surface area contributed by atoms with Gasteiger partial charge in [-0.25, -0.2) is 0 Å². The van der Waals surface area contributed by atoms with Gasteiger partial charge in [0.05, 0.1) is 6.10 Å². The molecule has 0 aromatic rings. The standard InChI is InChI=1S/C7H15NO2/c1-5(8)7(10)4-2-3-6(7)9/h5-6,9-10H,2-4,8H2,1H3. The van der Waals surface area contributed by atoms with Crippen LogP contribution in [0.3, 0.4) is 0 Å². The van der Waals surface area contributed by atoms with Crippen LogP contribution in [0, 0.1) is 0 Å². The molecule has 3 unspecified atom stereocenters. The molecule has 3 atom stereocenters. The maximum Gasteiger partial charge on any atom is 0.105 e. The van der Waals surface area contributed by atoms with Gasteiger partial charge in [-0.3, -0.25) is 0 Å². The fourth-order valence-electron chi connectivity index (χ4n) is 1.53. The second-order valence-electron chi connectivity index (χ2n) is 3.19. The van der Waals surface area contributed by atoms with Gasteiger partial charge in [0.25, 0.3) is 0 Å². The molecule has 0 radical (unpaired) electrons. The molecule has 4 N–H and O–H groups in total. The van der Waals surface area contributed by atoms with E-state index in [0.29, 0.717) is 12.8 Å². The van der Waals surface area contributed by atoms with Gasteiger partial charge >= 0.3 is 0 Å². The third-order valence-corrected chi connectivity index (χ3v) is 2.42. The zero-order valence-corrected chi connectivity index (χ0v) is 6.25. The van der Waals surface area contributed by atoms with E-state index < -0.39 is 11.7 Å². The highest BCUT2D eigenvalue weighted by atomic mass is 16.3. The molecule has 1 fully saturated rings. The van der Waals surface area contributed by atoms with Gasteiger partial charge in [-0.2, -0.15) is 0 Å². The zero-order valence-electron chi connectivity index (χ0n) is 6.25. The molecule has 3 heteroatoms. The average Bonchev–Trinajstić information content (AvgIpc) is 2.15. The van der Waals surface area contributed by atoms with Gasteiger partial charge in [-0.05, 0) is 26.2 Å². The van der Waals surface area contributed by atoms with Crippen molar-refractivity contribution < 1.29 is 10.2 Å². The topological polar surface area (TPSA) is 66.5 Å². The molecule has 3 nitrogen and oxygen atoms in total. The van der Waals surface area contributed by atoms with Crippen LogP contribution in [-0.4, -0.2) is 28.0 Å². The molecule has 1 saturated carbocycles. The highest BCUT2D eigenvalue weighted by molar-refractivity contribution is 4.97. The summed E-state index contributed by atoms with van der Waals surface area (Å²) in [6.45, 7) is 1.73. The molecule has 10 heavy (non-hydrogen) atoms. The minimum absolute atomic E-state index is 0.329. The Balaban J connectivity index is 2.66. The number of aliphatic hydroxyl groups is 2. The van der Waals surface area contributed by atoms with Crippen molar-refractivity contribution in [1.29, 1.82) is 0 Å². The third kappa shape index (κ3) is 1.05. The highest BCUT2D eigenvalue weighted by Gasteiger charge is 2.42. The maximum absolute atomic E-state index is 9.66. The molecule has 0 saturated heterocycles. The van der Waals surface area contributed by atoms with Crippen LogP contribution in [-0.2, 0) is 0 Å².